The summed E-state index contributed by atoms with van der Waals surface area (Å²) in [6.07, 6.45) is 7.56. The summed E-state index contributed by atoms with van der Waals surface area (Å²) in [5.74, 6) is 0.177. The second-order valence-corrected chi connectivity index (χ2v) is 5.10. The van der Waals surface area contributed by atoms with Gasteiger partial charge in [0.2, 0.25) is 0 Å². The zero-order valence-corrected chi connectivity index (χ0v) is 10.1. The Bertz CT molecular complexity index is 572. The third-order valence-corrected chi connectivity index (χ3v) is 4.21. The van der Waals surface area contributed by atoms with E-state index >= 15 is 0 Å². The third-order valence-electron chi connectivity index (χ3n) is 4.21. The summed E-state index contributed by atoms with van der Waals surface area (Å²) in [6, 6.07) is 10.6. The van der Waals surface area contributed by atoms with Gasteiger partial charge >= 0.3 is 0 Å². The molecule has 18 heavy (non-hydrogen) atoms. The van der Waals surface area contributed by atoms with Crippen LogP contribution in [-0.4, -0.2) is 0 Å². The molecule has 0 bridgehead atoms. The summed E-state index contributed by atoms with van der Waals surface area (Å²) in [5.41, 5.74) is 3.91. The van der Waals surface area contributed by atoms with Crippen molar-refractivity contribution in [2.24, 2.45) is 5.92 Å². The van der Waals surface area contributed by atoms with Gasteiger partial charge in [0, 0.05) is 5.92 Å². The van der Waals surface area contributed by atoms with Crippen LogP contribution in [0.2, 0.25) is 0 Å². The number of hydrogen-bond acceptors (Lipinski definition) is 2. The largest absolute Gasteiger partial charge is 0.197 e. The van der Waals surface area contributed by atoms with Gasteiger partial charge in [0.15, 0.2) is 0 Å². The van der Waals surface area contributed by atoms with Crippen molar-refractivity contribution >= 4 is 6.08 Å². The van der Waals surface area contributed by atoms with Crippen LogP contribution in [0.15, 0.2) is 24.3 Å². The molecule has 0 saturated carbocycles. The highest BCUT2D eigenvalue weighted by molar-refractivity contribution is 5.61. The Morgan fingerprint density at radius 3 is 2.78 bits per heavy atom. The van der Waals surface area contributed by atoms with Gasteiger partial charge in [0.25, 0.3) is 0 Å². The maximum Gasteiger partial charge on any atom is 0.140 e. The van der Waals surface area contributed by atoms with E-state index in [1.165, 1.54) is 16.7 Å². The van der Waals surface area contributed by atoms with E-state index in [1.54, 1.807) is 0 Å². The van der Waals surface area contributed by atoms with Crippen LogP contribution in [0.3, 0.4) is 0 Å². The molecule has 0 saturated heterocycles. The van der Waals surface area contributed by atoms with Gasteiger partial charge in [0.05, 0.1) is 12.1 Å². The molecule has 2 aliphatic rings. The van der Waals surface area contributed by atoms with Gasteiger partial charge in [0.1, 0.15) is 5.92 Å². The standard InChI is InChI=1S/C16H14N2/c17-9-13(10-18)14-8-7-12-4-1-3-11-5-2-6-15(14)16(11)12/h1-3,5-6,12-14H,4,7-8H2. The Hall–Kier alpha value is -2.06. The molecule has 0 radical (unpaired) electrons. The number of nitrogens with zero attached hydrogens (tertiary/aromatic N) is 2. The maximum atomic E-state index is 9.12. The van der Waals surface area contributed by atoms with E-state index in [1.807, 2.05) is 6.07 Å². The van der Waals surface area contributed by atoms with Crippen LogP contribution < -0.4 is 0 Å². The monoisotopic (exact) mass is 234 g/mol. The van der Waals surface area contributed by atoms with Crippen molar-refractivity contribution in [1.82, 2.24) is 0 Å². The first-order valence-electron chi connectivity index (χ1n) is 6.43. The number of rotatable bonds is 1. The van der Waals surface area contributed by atoms with E-state index in [-0.39, 0.29) is 5.92 Å². The summed E-state index contributed by atoms with van der Waals surface area (Å²) in [7, 11) is 0. The maximum absolute atomic E-state index is 9.12. The molecule has 0 fully saturated rings. The van der Waals surface area contributed by atoms with Crippen molar-refractivity contribution in [3.63, 3.8) is 0 Å². The SMILES string of the molecule is N#CC(C#N)C1CCC2CC=Cc3cccc1c32. The van der Waals surface area contributed by atoms with E-state index in [0.29, 0.717) is 5.92 Å². The molecule has 2 nitrogen and oxygen atoms in total. The fourth-order valence-electron chi connectivity index (χ4n) is 3.37. The van der Waals surface area contributed by atoms with Gasteiger partial charge in [-0.05, 0) is 41.9 Å². The van der Waals surface area contributed by atoms with E-state index in [2.05, 4.69) is 36.4 Å². The lowest BCUT2D eigenvalue weighted by Crippen LogP contribution is -2.21. The Kier molecular flexibility index (Phi) is 2.65. The van der Waals surface area contributed by atoms with Crippen LogP contribution in [0.1, 0.15) is 47.8 Å². The molecule has 0 N–H and O–H groups in total. The van der Waals surface area contributed by atoms with Crippen LogP contribution in [-0.2, 0) is 0 Å². The topological polar surface area (TPSA) is 47.6 Å². The van der Waals surface area contributed by atoms with Crippen LogP contribution in [0.25, 0.3) is 6.08 Å². The molecule has 1 aromatic rings. The highest BCUT2D eigenvalue weighted by Crippen LogP contribution is 2.46. The van der Waals surface area contributed by atoms with Gasteiger partial charge in [-0.2, -0.15) is 10.5 Å². The Morgan fingerprint density at radius 2 is 2.00 bits per heavy atom. The summed E-state index contributed by atoms with van der Waals surface area (Å²) in [6.45, 7) is 0. The molecule has 2 heteroatoms. The van der Waals surface area contributed by atoms with Crippen molar-refractivity contribution in [2.75, 3.05) is 0 Å². The summed E-state index contributed by atoms with van der Waals surface area (Å²) >= 11 is 0. The molecule has 0 aromatic heterocycles. The van der Waals surface area contributed by atoms with Crippen LogP contribution >= 0.6 is 0 Å². The first kappa shape index (κ1) is 11.1. The molecule has 3 rings (SSSR count). The molecule has 0 spiro atoms. The zero-order valence-electron chi connectivity index (χ0n) is 10.1. The lowest BCUT2D eigenvalue weighted by atomic mass is 9.69. The molecule has 0 aliphatic heterocycles. The summed E-state index contributed by atoms with van der Waals surface area (Å²) in [5, 5.41) is 18.2. The van der Waals surface area contributed by atoms with Gasteiger partial charge < -0.3 is 0 Å². The quantitative estimate of drug-likeness (QED) is 0.743. The Labute approximate surface area is 107 Å². The van der Waals surface area contributed by atoms with Crippen LogP contribution in [0, 0.1) is 28.6 Å². The second-order valence-electron chi connectivity index (χ2n) is 5.10. The molecule has 2 aliphatic carbocycles. The molecule has 2 unspecified atom stereocenters. The van der Waals surface area contributed by atoms with Crippen LogP contribution in [0.5, 0.6) is 0 Å². The van der Waals surface area contributed by atoms with Crippen molar-refractivity contribution in [1.29, 1.82) is 10.5 Å². The zero-order chi connectivity index (χ0) is 12.5. The highest BCUT2D eigenvalue weighted by atomic mass is 14.4. The van der Waals surface area contributed by atoms with Gasteiger partial charge in [-0.25, -0.2) is 0 Å². The molecular weight excluding hydrogens is 220 g/mol. The van der Waals surface area contributed by atoms with E-state index in [9.17, 15) is 0 Å². The highest BCUT2D eigenvalue weighted by Gasteiger charge is 2.33. The summed E-state index contributed by atoms with van der Waals surface area (Å²) < 4.78 is 0. The van der Waals surface area contributed by atoms with Crippen molar-refractivity contribution in [3.05, 3.63) is 41.0 Å². The Balaban J connectivity index is 2.13. The van der Waals surface area contributed by atoms with Gasteiger partial charge in [-0.1, -0.05) is 30.4 Å². The van der Waals surface area contributed by atoms with Crippen LogP contribution in [0.4, 0.5) is 0 Å². The summed E-state index contributed by atoms with van der Waals surface area (Å²) in [4.78, 5) is 0. The average molecular weight is 234 g/mol. The first-order chi connectivity index (χ1) is 8.85. The molecule has 0 amide bonds. The third kappa shape index (κ3) is 1.54. The van der Waals surface area contributed by atoms with Crippen molar-refractivity contribution in [2.45, 2.75) is 31.1 Å². The van der Waals surface area contributed by atoms with E-state index in [0.717, 1.165) is 19.3 Å². The number of allylic oxidation sites excluding steroid dienone is 1. The average Bonchev–Trinajstić information content (AvgIpc) is 2.43. The molecular formula is C16H14N2. The second kappa shape index (κ2) is 4.31. The van der Waals surface area contributed by atoms with E-state index < -0.39 is 5.92 Å². The Morgan fingerprint density at radius 1 is 1.17 bits per heavy atom. The predicted molar refractivity (Wildman–Crippen MR) is 69.5 cm³/mol. The first-order valence-corrected chi connectivity index (χ1v) is 6.43. The minimum absolute atomic E-state index is 0.0951. The normalized spacial score (nSPS) is 24.2. The van der Waals surface area contributed by atoms with Gasteiger partial charge in [-0.3, -0.25) is 0 Å². The van der Waals surface area contributed by atoms with Crippen molar-refractivity contribution < 1.29 is 0 Å². The molecule has 0 heterocycles. The lowest BCUT2D eigenvalue weighted by Gasteiger charge is -2.34. The number of nitriles is 2. The smallest absolute Gasteiger partial charge is 0.140 e. The fourth-order valence-corrected chi connectivity index (χ4v) is 3.37. The predicted octanol–water partition coefficient (Wildman–Crippen LogP) is 3.73. The molecule has 2 atom stereocenters. The lowest BCUT2D eigenvalue weighted by molar-refractivity contribution is 0.452. The fraction of sp³-hybridized carbons (Fsp3) is 0.375. The minimum Gasteiger partial charge on any atom is -0.197 e. The minimum atomic E-state index is -0.511. The van der Waals surface area contributed by atoms with E-state index in [4.69, 9.17) is 10.5 Å². The molecule has 88 valence electrons. The number of hydrogen-bond donors (Lipinski definition) is 0. The molecule has 1 aromatic carbocycles. The number of benzene rings is 1. The van der Waals surface area contributed by atoms with Crippen molar-refractivity contribution in [3.8, 4) is 12.1 Å². The van der Waals surface area contributed by atoms with Gasteiger partial charge in [-0.15, -0.1) is 0 Å².